The zero-order valence-corrected chi connectivity index (χ0v) is 26.3. The van der Waals surface area contributed by atoms with Crippen LogP contribution in [-0.4, -0.2) is 65.1 Å². The summed E-state index contributed by atoms with van der Waals surface area (Å²) in [5, 5.41) is 4.16. The molecule has 2 saturated heterocycles. The van der Waals surface area contributed by atoms with Crippen LogP contribution in [0.3, 0.4) is 0 Å². The first-order chi connectivity index (χ1) is 20.1. The molecule has 3 aliphatic heterocycles. The first-order valence-electron chi connectivity index (χ1n) is 15.6. The van der Waals surface area contributed by atoms with Crippen LogP contribution in [0.5, 0.6) is 0 Å². The number of pyridine rings is 2. The average Bonchev–Trinajstić information content (AvgIpc) is 3.47. The van der Waals surface area contributed by atoms with Crippen LogP contribution in [0.15, 0.2) is 35.4 Å². The minimum atomic E-state index is -0.210. The molecule has 1 unspecified atom stereocenters. The van der Waals surface area contributed by atoms with Crippen molar-refractivity contribution in [2.75, 3.05) is 47.8 Å². The molecular weight excluding hydrogens is 546 g/mol. The predicted molar refractivity (Wildman–Crippen MR) is 169 cm³/mol. The van der Waals surface area contributed by atoms with Gasteiger partial charge in [-0.15, -0.1) is 0 Å². The topological polar surface area (TPSA) is 93.7 Å². The zero-order chi connectivity index (χ0) is 29.5. The summed E-state index contributed by atoms with van der Waals surface area (Å²) in [5.41, 5.74) is 0.780. The lowest BCUT2D eigenvalue weighted by Crippen LogP contribution is -2.41. The molecule has 9 nitrogen and oxygen atoms in total. The molecule has 2 aromatic rings. The van der Waals surface area contributed by atoms with Gasteiger partial charge in [-0.05, 0) is 100 Å². The first kappa shape index (κ1) is 29.1. The van der Waals surface area contributed by atoms with Gasteiger partial charge >= 0.3 is 6.03 Å². The molecule has 226 valence electrons. The van der Waals surface area contributed by atoms with Crippen molar-refractivity contribution in [2.24, 2.45) is 17.3 Å². The third kappa shape index (κ3) is 6.19. The summed E-state index contributed by atoms with van der Waals surface area (Å²) in [6.07, 6.45) is 7.96. The Bertz CT molecular complexity index is 1320. The van der Waals surface area contributed by atoms with E-state index in [-0.39, 0.29) is 17.5 Å². The number of anilines is 3. The van der Waals surface area contributed by atoms with E-state index >= 15 is 0 Å². The Labute approximate surface area is 254 Å². The van der Waals surface area contributed by atoms with E-state index in [4.69, 9.17) is 4.98 Å². The lowest BCUT2D eigenvalue weighted by atomic mass is 9.73. The van der Waals surface area contributed by atoms with Crippen molar-refractivity contribution in [3.8, 4) is 0 Å². The maximum absolute atomic E-state index is 13.6. The fourth-order valence-electron chi connectivity index (χ4n) is 7.17. The molecule has 2 aromatic heterocycles. The van der Waals surface area contributed by atoms with Crippen LogP contribution >= 0.6 is 11.9 Å². The highest BCUT2D eigenvalue weighted by molar-refractivity contribution is 7.97. The summed E-state index contributed by atoms with van der Waals surface area (Å²) in [6, 6.07) is 9.52. The van der Waals surface area contributed by atoms with Crippen molar-refractivity contribution in [3.05, 3.63) is 35.9 Å². The second kappa shape index (κ2) is 11.6. The maximum Gasteiger partial charge on any atom is 0.325 e. The van der Waals surface area contributed by atoms with Gasteiger partial charge in [0.05, 0.1) is 5.56 Å². The summed E-state index contributed by atoms with van der Waals surface area (Å²) >= 11 is 1.21. The molecular formula is C32H45N7O2S. The Balaban J connectivity index is 1.26. The number of aromatic nitrogens is 2. The largest absolute Gasteiger partial charge is 0.370 e. The average molecular weight is 592 g/mol. The number of fused-ring (bicyclic) bond motifs is 6. The van der Waals surface area contributed by atoms with E-state index in [1.165, 1.54) is 37.6 Å². The molecule has 0 aromatic carbocycles. The Morgan fingerprint density at radius 1 is 1.00 bits per heavy atom. The van der Waals surface area contributed by atoms with Gasteiger partial charge in [0.2, 0.25) is 0 Å². The van der Waals surface area contributed by atoms with Crippen LogP contribution in [0.2, 0.25) is 0 Å². The molecule has 0 radical (unpaired) electrons. The van der Waals surface area contributed by atoms with Gasteiger partial charge in [-0.2, -0.15) is 0 Å². The molecule has 3 amide bonds. The fourth-order valence-corrected chi connectivity index (χ4v) is 7.77. The third-order valence-electron chi connectivity index (χ3n) is 9.70. The normalized spacial score (nSPS) is 24.5. The molecule has 1 aliphatic carbocycles. The van der Waals surface area contributed by atoms with Gasteiger partial charge in [0.1, 0.15) is 22.5 Å². The molecule has 1 saturated carbocycles. The van der Waals surface area contributed by atoms with Crippen molar-refractivity contribution in [2.45, 2.75) is 83.2 Å². The maximum atomic E-state index is 13.6. The molecule has 1 atom stereocenters. The number of nitrogens with one attached hydrogen (secondary N) is 2. The van der Waals surface area contributed by atoms with Gasteiger partial charge in [-0.3, -0.25) is 14.4 Å². The number of nitrogens with zero attached hydrogens (tertiary/aromatic N) is 5. The minimum absolute atomic E-state index is 0.0291. The van der Waals surface area contributed by atoms with E-state index in [1.54, 1.807) is 4.90 Å². The van der Waals surface area contributed by atoms with Crippen LogP contribution in [0.25, 0.3) is 0 Å². The fraction of sp³-hybridized carbons (Fsp3) is 0.625. The van der Waals surface area contributed by atoms with Gasteiger partial charge in [0.15, 0.2) is 0 Å². The number of hydrogen-bond donors (Lipinski definition) is 2. The van der Waals surface area contributed by atoms with Crippen LogP contribution in [-0.2, 0) is 0 Å². The lowest BCUT2D eigenvalue weighted by Gasteiger charge is -2.36. The van der Waals surface area contributed by atoms with Gasteiger partial charge < -0.3 is 15.1 Å². The summed E-state index contributed by atoms with van der Waals surface area (Å²) in [6.45, 7) is 13.0. The molecule has 6 rings (SSSR count). The lowest BCUT2D eigenvalue weighted by molar-refractivity contribution is 0.0984. The highest BCUT2D eigenvalue weighted by Crippen LogP contribution is 2.41. The second-order valence-electron chi connectivity index (χ2n) is 14.0. The van der Waals surface area contributed by atoms with Crippen molar-refractivity contribution < 1.29 is 9.59 Å². The monoisotopic (exact) mass is 591 g/mol. The molecule has 3 fully saturated rings. The smallest absolute Gasteiger partial charge is 0.325 e. The van der Waals surface area contributed by atoms with Gasteiger partial charge in [-0.25, -0.2) is 14.8 Å². The van der Waals surface area contributed by atoms with Crippen LogP contribution in [0.4, 0.5) is 22.2 Å². The highest BCUT2D eigenvalue weighted by atomic mass is 32.2. The molecule has 4 bridgehead atoms. The van der Waals surface area contributed by atoms with Gasteiger partial charge in [-0.1, -0.05) is 19.9 Å². The number of carbonyl (C=O) groups is 2. The number of hydrogen-bond acceptors (Lipinski definition) is 7. The van der Waals surface area contributed by atoms with Crippen molar-refractivity contribution in [1.29, 1.82) is 0 Å². The highest BCUT2D eigenvalue weighted by Gasteiger charge is 2.41. The van der Waals surface area contributed by atoms with Crippen molar-refractivity contribution in [3.63, 3.8) is 0 Å². The summed E-state index contributed by atoms with van der Waals surface area (Å²) in [7, 11) is 0. The van der Waals surface area contributed by atoms with Gasteiger partial charge in [0.25, 0.3) is 5.91 Å². The van der Waals surface area contributed by atoms with Gasteiger partial charge in [0, 0.05) is 50.2 Å². The van der Waals surface area contributed by atoms with E-state index < -0.39 is 0 Å². The van der Waals surface area contributed by atoms with E-state index in [2.05, 4.69) is 47.6 Å². The Morgan fingerprint density at radius 3 is 2.62 bits per heavy atom. The van der Waals surface area contributed by atoms with Crippen LogP contribution in [0.1, 0.15) is 83.0 Å². The number of amides is 3. The molecule has 4 aliphatic rings. The number of urea groups is 1. The van der Waals surface area contributed by atoms with Crippen LogP contribution in [0, 0.1) is 17.3 Å². The quantitative estimate of drug-likeness (QED) is 0.412. The standard InChI is InChI=1S/C32H45N7O2S/c1-31(2)14-12-22(13-15-31)20-37-17-18-38(30(37)41)26-11-10-24-28(35-26)39-21-23(19-32(39,3)4)7-6-16-33-25-8-5-9-27(34-25)42-36-29(24)40/h5,8-11,22-23H,6-7,12-21H2,1-4H3,(H,33,34)(H,36,40). The first-order valence-corrected chi connectivity index (χ1v) is 16.4. The van der Waals surface area contributed by atoms with E-state index in [1.807, 2.05) is 35.2 Å². The molecule has 0 spiro atoms. The van der Waals surface area contributed by atoms with E-state index in [0.29, 0.717) is 47.5 Å². The summed E-state index contributed by atoms with van der Waals surface area (Å²) < 4.78 is 2.99. The Morgan fingerprint density at radius 2 is 1.81 bits per heavy atom. The van der Waals surface area contributed by atoms with Crippen LogP contribution < -0.4 is 19.8 Å². The zero-order valence-electron chi connectivity index (χ0n) is 25.5. The Kier molecular flexibility index (Phi) is 8.02. The van der Waals surface area contributed by atoms with E-state index in [0.717, 1.165) is 49.7 Å². The van der Waals surface area contributed by atoms with E-state index in [9.17, 15) is 9.59 Å². The molecule has 2 N–H and O–H groups in total. The Hall–Kier alpha value is -3.01. The third-order valence-corrected chi connectivity index (χ3v) is 10.4. The summed E-state index contributed by atoms with van der Waals surface area (Å²) in [5.74, 6) is 2.96. The number of rotatable bonds is 3. The minimum Gasteiger partial charge on any atom is -0.370 e. The van der Waals surface area contributed by atoms with Crippen molar-refractivity contribution >= 4 is 41.3 Å². The van der Waals surface area contributed by atoms with Crippen molar-refractivity contribution in [1.82, 2.24) is 19.6 Å². The molecule has 10 heteroatoms. The number of carbonyl (C=O) groups excluding carboxylic acids is 2. The summed E-state index contributed by atoms with van der Waals surface area (Å²) in [4.78, 5) is 43.1. The SMILES string of the molecule is CC1(C)CCC(CN2CCN(c3ccc4c(n3)N3CC(CCCNc5cccc(n5)SNC4=O)CC3(C)C)C2=O)CC1. The predicted octanol–water partition coefficient (Wildman–Crippen LogP) is 6.18. The molecule has 42 heavy (non-hydrogen) atoms. The second-order valence-corrected chi connectivity index (χ2v) is 14.8. The molecule has 5 heterocycles.